The molecule has 0 aliphatic rings. The van der Waals surface area contributed by atoms with Crippen LogP contribution >= 0.6 is 0 Å². The zero-order valence-corrected chi connectivity index (χ0v) is 48.9. The summed E-state index contributed by atoms with van der Waals surface area (Å²) in [6, 6.07) is 21.2. The second kappa shape index (κ2) is 57.7. The molecule has 23 nitrogen and oxygen atoms in total. The number of Topliss-reactive ketones (excluding diaryl/α,β-unsaturated/α-hetero) is 2. The van der Waals surface area contributed by atoms with Gasteiger partial charge in [0.25, 0.3) is 0 Å². The van der Waals surface area contributed by atoms with Crippen LogP contribution in [-0.2, 0) is 119 Å². The number of aliphatic carboxylic acids is 4. The molecule has 10 N–H and O–H groups in total. The number of pyridine rings is 4. The summed E-state index contributed by atoms with van der Waals surface area (Å²) < 4.78 is 22.5. The number of carboxylic acid groups (broad SMARTS) is 4. The van der Waals surface area contributed by atoms with Crippen molar-refractivity contribution < 1.29 is 114 Å². The summed E-state index contributed by atoms with van der Waals surface area (Å²) in [5.74, 6) is -7.69. The predicted octanol–water partition coefficient (Wildman–Crippen LogP) is 3.30. The second-order valence-corrected chi connectivity index (χ2v) is 14.6. The van der Waals surface area contributed by atoms with Crippen molar-refractivity contribution in [2.75, 3.05) is 24.6 Å². The summed E-state index contributed by atoms with van der Waals surface area (Å²) in [5, 5.41) is 38.4. The van der Waals surface area contributed by atoms with E-state index in [1.54, 1.807) is 24.8 Å². The van der Waals surface area contributed by atoms with Crippen molar-refractivity contribution in [3.8, 4) is 22.8 Å². The normalized spacial score (nSPS) is 10.3. The maximum atomic E-state index is 11.7. The minimum absolute atomic E-state index is 0. The molecule has 0 saturated carbocycles. The number of carboxylic acids is 4. The van der Waals surface area contributed by atoms with E-state index in [2.05, 4.69) is 50.5 Å². The number of carbonyl (C=O) groups is 8. The van der Waals surface area contributed by atoms with Gasteiger partial charge in [-0.1, -0.05) is 24.3 Å². The monoisotopic (exact) mass is 1460 g/mol. The molecular weight excluding hydrogens is 1400 g/mol. The summed E-state index contributed by atoms with van der Waals surface area (Å²) in [6.07, 6.45) is 8.09. The largest absolute Gasteiger partial charge is 4.00 e. The predicted molar refractivity (Wildman–Crippen MR) is 277 cm³/mol. The molecule has 4 aromatic rings. The average molecular weight is 1460 g/mol. The maximum absolute atomic E-state index is 11.7. The molecule has 0 aromatic carbocycles. The fourth-order valence-corrected chi connectivity index (χ4v) is 5.70. The molecule has 1 radical (unpaired) electrons. The maximum Gasteiger partial charge on any atom is 4.00 e. The third-order valence-corrected chi connectivity index (χ3v) is 9.48. The molecule has 0 saturated heterocycles. The van der Waals surface area contributed by atoms with Crippen LogP contribution in [0.4, 0.5) is 0 Å². The van der Waals surface area contributed by atoms with Crippen LogP contribution in [0.1, 0.15) is 51.4 Å². The number of nitrogens with zero attached hydrogens (tertiary/aromatic N) is 4. The van der Waals surface area contributed by atoms with Crippen molar-refractivity contribution in [1.82, 2.24) is 30.6 Å². The molecule has 4 rings (SSSR count). The Morgan fingerprint density at radius 1 is 0.506 bits per heavy atom. The SMILES string of the molecule is NC(CCCC(=O)CC(C[S-])C(=O)NCC(=O)O)C(=O)O.NC(CCCC(=O)CC(C[S-])C(=O)NCC(=O)O)C(=O)O.[C-]#[O+].[C-]#[O+].[C-]#[O+].[CH3-].[CH3-].[CH3-].[Pt+4].[Re].c1ccc(-c2ccccn2)nc1.c1ccc(-c2ccccn2)nc1. The Morgan fingerprint density at radius 3 is 0.935 bits per heavy atom. The Balaban J connectivity index is -0.000000133. The minimum atomic E-state index is -1.18. The molecule has 77 heavy (non-hydrogen) atoms. The van der Waals surface area contributed by atoms with E-state index in [0.717, 1.165) is 22.8 Å². The van der Waals surface area contributed by atoms with Crippen LogP contribution in [0.15, 0.2) is 97.6 Å². The van der Waals surface area contributed by atoms with Gasteiger partial charge in [-0.05, 0) is 74.2 Å². The molecule has 0 aliphatic carbocycles. The number of amides is 2. The van der Waals surface area contributed by atoms with Crippen molar-refractivity contribution in [1.29, 1.82) is 0 Å². The molecule has 4 atom stereocenters. The molecule has 4 heterocycles. The Hall–Kier alpha value is -6.05. The third-order valence-electron chi connectivity index (χ3n) is 8.68. The van der Waals surface area contributed by atoms with Crippen LogP contribution in [0.5, 0.6) is 0 Å². The fraction of sp³-hybridized carbons (Fsp3) is 0.320. The van der Waals surface area contributed by atoms with Crippen molar-refractivity contribution in [2.24, 2.45) is 23.3 Å². The Labute approximate surface area is 488 Å². The summed E-state index contributed by atoms with van der Waals surface area (Å²) in [6.45, 7) is 12.5. The first kappa shape index (κ1) is 87.6. The molecule has 0 spiro atoms. The van der Waals surface area contributed by atoms with Gasteiger partial charge in [0.2, 0.25) is 11.8 Å². The molecular formula is C50H63N8O15PtReS2-. The molecule has 4 aromatic heterocycles. The molecule has 27 heteroatoms. The van der Waals surface area contributed by atoms with Gasteiger partial charge in [-0.3, -0.25) is 58.3 Å². The van der Waals surface area contributed by atoms with Gasteiger partial charge in [0.05, 0.1) is 22.8 Å². The van der Waals surface area contributed by atoms with Crippen LogP contribution in [0.25, 0.3) is 22.8 Å². The van der Waals surface area contributed by atoms with Gasteiger partial charge in [-0.15, -0.1) is 0 Å². The zero-order chi connectivity index (χ0) is 55.3. The summed E-state index contributed by atoms with van der Waals surface area (Å²) in [5.41, 5.74) is 14.3. The quantitative estimate of drug-likeness (QED) is 0.0283. The van der Waals surface area contributed by atoms with E-state index in [1.165, 1.54) is 0 Å². The number of carbonyl (C=O) groups excluding carboxylic acids is 4. The number of hydrogen-bond donors (Lipinski definition) is 8. The van der Waals surface area contributed by atoms with Crippen LogP contribution in [0.2, 0.25) is 0 Å². The van der Waals surface area contributed by atoms with E-state index in [0.29, 0.717) is 12.8 Å². The summed E-state index contributed by atoms with van der Waals surface area (Å²) in [7, 11) is 0. The Bertz CT molecular complexity index is 2020. The third kappa shape index (κ3) is 45.8. The number of nitrogens with two attached hydrogens (primary N) is 2. The van der Waals surface area contributed by atoms with Gasteiger partial charge < -0.3 is 90.1 Å². The molecule has 0 aliphatic heterocycles. The van der Waals surface area contributed by atoms with E-state index in [4.69, 9.17) is 71.1 Å². The van der Waals surface area contributed by atoms with Crippen LogP contribution in [0, 0.1) is 54.1 Å². The van der Waals surface area contributed by atoms with E-state index >= 15 is 0 Å². The standard InChI is InChI=1S/2C12H20N2O6S.2C10H8N2.3CO.3CH3.Pt.Re/c2*13-9(12(19)20)3-1-2-8(15)4-7(6-21)11(18)14-5-10(16)17;2*1-3-7-11-9(5-1)10-6-2-4-8-12-10;3*1-2;;;;;/h2*7,9,21H,1-6,13H2,(H,14,18)(H,16,17)(H,19,20);2*1-8H;;;;3*1H3;;/q;;;;;;;3*-1;+4;/p-2. The van der Waals surface area contributed by atoms with Crippen molar-refractivity contribution in [2.45, 2.75) is 63.5 Å². The number of hydrogen-bond acceptors (Lipinski definition) is 16. The number of rotatable bonds is 24. The molecule has 0 bridgehead atoms. The molecule has 2 amide bonds. The number of nitrogens with one attached hydrogen (secondary N) is 2. The zero-order valence-electron chi connectivity index (χ0n) is 42.3. The van der Waals surface area contributed by atoms with E-state index < -0.39 is 72.7 Å². The van der Waals surface area contributed by atoms with Crippen molar-refractivity contribution in [3.05, 3.63) is 140 Å². The summed E-state index contributed by atoms with van der Waals surface area (Å²) in [4.78, 5) is 105. The smallest absolute Gasteiger partial charge is 0.358 e. The van der Waals surface area contributed by atoms with Crippen molar-refractivity contribution in [3.63, 3.8) is 0 Å². The topological polar surface area (TPSA) is 405 Å². The first-order valence-corrected chi connectivity index (χ1v) is 22.1. The molecule has 4 unspecified atom stereocenters. The van der Waals surface area contributed by atoms with E-state index in [9.17, 15) is 38.4 Å². The first-order valence-electron chi connectivity index (χ1n) is 20.9. The number of ketones is 2. The van der Waals surface area contributed by atoms with Gasteiger partial charge in [-0.25, -0.2) is 0 Å². The minimum Gasteiger partial charge on any atom is -0.358 e. The van der Waals surface area contributed by atoms with Crippen LogP contribution < -0.4 is 22.1 Å². The van der Waals surface area contributed by atoms with Gasteiger partial charge in [-0.2, -0.15) is 11.5 Å². The Kier molecular flexibility index (Phi) is 65.6. The van der Waals surface area contributed by atoms with E-state index in [-0.39, 0.29) is 125 Å². The van der Waals surface area contributed by atoms with Gasteiger partial charge in [0.15, 0.2) is 0 Å². The van der Waals surface area contributed by atoms with Gasteiger partial charge in [0.1, 0.15) is 36.7 Å². The molecule has 423 valence electrons. The van der Waals surface area contributed by atoms with E-state index in [1.807, 2.05) is 72.8 Å². The summed E-state index contributed by atoms with van der Waals surface area (Å²) >= 11 is 9.56. The number of aromatic nitrogens is 4. The van der Waals surface area contributed by atoms with Crippen molar-refractivity contribution >= 4 is 72.5 Å². The van der Waals surface area contributed by atoms with Gasteiger partial charge >= 0.3 is 78.9 Å². The average Bonchev–Trinajstić information content (AvgIpc) is 3.41. The van der Waals surface area contributed by atoms with Gasteiger partial charge in [0, 0.05) is 82.7 Å². The fourth-order valence-electron chi connectivity index (χ4n) is 5.16. The first-order chi connectivity index (χ1) is 34.5. The second-order valence-electron chi connectivity index (χ2n) is 14.0. The molecule has 0 fully saturated rings. The van der Waals surface area contributed by atoms with Crippen LogP contribution in [-0.4, -0.2) is 124 Å². The Morgan fingerprint density at radius 2 is 0.753 bits per heavy atom. The van der Waals surface area contributed by atoms with Crippen LogP contribution in [0.3, 0.4) is 0 Å².